The van der Waals surface area contributed by atoms with E-state index in [9.17, 15) is 0 Å². The number of hydrogen-bond donors (Lipinski definition) is 1. The smallest absolute Gasteiger partial charge is 0.266 e. The average Bonchev–Trinajstić information content (AvgIpc) is 2.87. The molecule has 0 unspecified atom stereocenters. The molecule has 1 saturated heterocycles. The second-order valence-corrected chi connectivity index (χ2v) is 5.38. The van der Waals surface area contributed by atoms with Crippen molar-refractivity contribution < 1.29 is 9.63 Å². The molecule has 0 saturated carbocycles. The fourth-order valence-corrected chi connectivity index (χ4v) is 2.39. The molecule has 1 aliphatic rings. The third kappa shape index (κ3) is 3.22. The van der Waals surface area contributed by atoms with E-state index in [1.807, 2.05) is 0 Å². The van der Waals surface area contributed by atoms with Crippen LogP contribution in [0, 0.1) is 5.92 Å². The fraction of sp³-hybridized carbons (Fsp3) is 0.846. The summed E-state index contributed by atoms with van der Waals surface area (Å²) in [5.41, 5.74) is 0. The number of hydrogen-bond acceptors (Lipinski definition) is 5. The monoisotopic (exact) mass is 253 g/mol. The van der Waals surface area contributed by atoms with Gasteiger partial charge in [0.05, 0.1) is 0 Å². The molecular formula is C13H23N3O2. The normalized spacial score (nSPS) is 17.7. The Kier molecular flexibility index (Phi) is 4.58. The first kappa shape index (κ1) is 13.3. The van der Waals surface area contributed by atoms with Crippen LogP contribution >= 0.6 is 0 Å². The quantitative estimate of drug-likeness (QED) is 0.871. The standard InChI is InChI=1S/C13H23N3O2/c1-10(2)12-14-13(15-18-12)16-7-5-11(6-8-16)4-3-9-17/h10-11,17H,3-9H2,1-2H3. The van der Waals surface area contributed by atoms with Crippen LogP contribution in [0.25, 0.3) is 0 Å². The maximum absolute atomic E-state index is 8.84. The lowest BCUT2D eigenvalue weighted by molar-refractivity contribution is 0.260. The molecule has 0 radical (unpaired) electrons. The van der Waals surface area contributed by atoms with Gasteiger partial charge < -0.3 is 14.5 Å². The van der Waals surface area contributed by atoms with E-state index in [0.29, 0.717) is 12.5 Å². The largest absolute Gasteiger partial charge is 0.396 e. The van der Waals surface area contributed by atoms with Gasteiger partial charge in [-0.1, -0.05) is 13.8 Å². The maximum Gasteiger partial charge on any atom is 0.266 e. The Hall–Kier alpha value is -1.10. The summed E-state index contributed by atoms with van der Waals surface area (Å²) < 4.78 is 5.24. The third-order valence-corrected chi connectivity index (χ3v) is 3.59. The zero-order chi connectivity index (χ0) is 13.0. The van der Waals surface area contributed by atoms with Crippen molar-refractivity contribution in [3.63, 3.8) is 0 Å². The molecule has 0 amide bonds. The molecule has 102 valence electrons. The van der Waals surface area contributed by atoms with Crippen molar-refractivity contribution in [2.24, 2.45) is 5.92 Å². The molecule has 5 heteroatoms. The van der Waals surface area contributed by atoms with Gasteiger partial charge in [0.1, 0.15) is 0 Å². The minimum atomic E-state index is 0.286. The van der Waals surface area contributed by atoms with Crippen molar-refractivity contribution in [2.45, 2.75) is 45.4 Å². The van der Waals surface area contributed by atoms with Gasteiger partial charge in [0, 0.05) is 25.6 Å². The number of aromatic nitrogens is 2. The minimum absolute atomic E-state index is 0.286. The second-order valence-electron chi connectivity index (χ2n) is 5.38. The molecule has 1 aromatic heterocycles. The van der Waals surface area contributed by atoms with Gasteiger partial charge in [0.15, 0.2) is 0 Å². The summed E-state index contributed by atoms with van der Waals surface area (Å²) in [6.45, 7) is 6.40. The fourth-order valence-electron chi connectivity index (χ4n) is 2.39. The zero-order valence-corrected chi connectivity index (χ0v) is 11.3. The third-order valence-electron chi connectivity index (χ3n) is 3.59. The zero-order valence-electron chi connectivity index (χ0n) is 11.3. The number of aliphatic hydroxyl groups is 1. The lowest BCUT2D eigenvalue weighted by atomic mass is 9.92. The highest BCUT2D eigenvalue weighted by Crippen LogP contribution is 2.25. The summed E-state index contributed by atoms with van der Waals surface area (Å²) in [4.78, 5) is 6.63. The number of rotatable bonds is 5. The van der Waals surface area contributed by atoms with Gasteiger partial charge in [-0.05, 0) is 36.8 Å². The van der Waals surface area contributed by atoms with E-state index in [4.69, 9.17) is 9.63 Å². The van der Waals surface area contributed by atoms with Crippen LogP contribution in [0.15, 0.2) is 4.52 Å². The predicted molar refractivity (Wildman–Crippen MR) is 69.6 cm³/mol. The molecule has 18 heavy (non-hydrogen) atoms. The SMILES string of the molecule is CC(C)c1nc(N2CCC(CCCO)CC2)no1. The van der Waals surface area contributed by atoms with Gasteiger partial charge in [-0.25, -0.2) is 0 Å². The van der Waals surface area contributed by atoms with E-state index in [-0.39, 0.29) is 5.92 Å². The first-order chi connectivity index (χ1) is 8.70. The van der Waals surface area contributed by atoms with Crippen LogP contribution in [0.3, 0.4) is 0 Å². The van der Waals surface area contributed by atoms with Crippen LogP contribution in [-0.4, -0.2) is 34.9 Å². The molecule has 5 nitrogen and oxygen atoms in total. The highest BCUT2D eigenvalue weighted by atomic mass is 16.5. The van der Waals surface area contributed by atoms with Crippen LogP contribution in [0.1, 0.15) is 51.3 Å². The van der Waals surface area contributed by atoms with Crippen molar-refractivity contribution >= 4 is 5.95 Å². The molecule has 0 bridgehead atoms. The first-order valence-corrected chi connectivity index (χ1v) is 6.90. The molecule has 0 aliphatic carbocycles. The average molecular weight is 253 g/mol. The molecule has 1 aromatic rings. The molecular weight excluding hydrogens is 230 g/mol. The number of aliphatic hydroxyl groups excluding tert-OH is 1. The van der Waals surface area contributed by atoms with E-state index < -0.39 is 0 Å². The molecule has 1 N–H and O–H groups in total. The van der Waals surface area contributed by atoms with Gasteiger partial charge in [-0.15, -0.1) is 0 Å². The maximum atomic E-state index is 8.84. The second kappa shape index (κ2) is 6.18. The van der Waals surface area contributed by atoms with Gasteiger partial charge in [-0.3, -0.25) is 0 Å². The van der Waals surface area contributed by atoms with E-state index in [0.717, 1.165) is 50.6 Å². The first-order valence-electron chi connectivity index (χ1n) is 6.90. The molecule has 2 heterocycles. The summed E-state index contributed by atoms with van der Waals surface area (Å²) >= 11 is 0. The van der Waals surface area contributed by atoms with E-state index in [2.05, 4.69) is 28.9 Å². The van der Waals surface area contributed by atoms with Gasteiger partial charge in [0.2, 0.25) is 5.89 Å². The van der Waals surface area contributed by atoms with E-state index in [1.54, 1.807) is 0 Å². The highest BCUT2D eigenvalue weighted by molar-refractivity contribution is 5.28. The summed E-state index contributed by atoms with van der Waals surface area (Å²) in [6.07, 6.45) is 4.37. The van der Waals surface area contributed by atoms with Crippen LogP contribution in [0.4, 0.5) is 5.95 Å². The molecule has 0 spiro atoms. The predicted octanol–water partition coefficient (Wildman–Crippen LogP) is 2.18. The Balaban J connectivity index is 1.85. The Labute approximate surface area is 108 Å². The van der Waals surface area contributed by atoms with Crippen molar-refractivity contribution in [1.29, 1.82) is 0 Å². The Bertz CT molecular complexity index is 357. The number of anilines is 1. The summed E-state index contributed by atoms with van der Waals surface area (Å²) in [5, 5.41) is 12.9. The minimum Gasteiger partial charge on any atom is -0.396 e. The summed E-state index contributed by atoms with van der Waals surface area (Å²) in [5.74, 6) is 2.48. The molecule has 1 aliphatic heterocycles. The number of piperidine rings is 1. The van der Waals surface area contributed by atoms with E-state index >= 15 is 0 Å². The van der Waals surface area contributed by atoms with Crippen molar-refractivity contribution in [3.8, 4) is 0 Å². The lowest BCUT2D eigenvalue weighted by Gasteiger charge is -2.30. The van der Waals surface area contributed by atoms with Crippen LogP contribution in [-0.2, 0) is 0 Å². The van der Waals surface area contributed by atoms with Gasteiger partial charge in [-0.2, -0.15) is 4.98 Å². The Morgan fingerprint density at radius 1 is 1.39 bits per heavy atom. The van der Waals surface area contributed by atoms with Gasteiger partial charge >= 0.3 is 0 Å². The molecule has 1 fully saturated rings. The highest BCUT2D eigenvalue weighted by Gasteiger charge is 2.22. The molecule has 0 aromatic carbocycles. The number of nitrogens with zero attached hydrogens (tertiary/aromatic N) is 3. The molecule has 2 rings (SSSR count). The topological polar surface area (TPSA) is 62.4 Å². The Morgan fingerprint density at radius 3 is 2.67 bits per heavy atom. The van der Waals surface area contributed by atoms with Crippen LogP contribution in [0.2, 0.25) is 0 Å². The van der Waals surface area contributed by atoms with Crippen LogP contribution < -0.4 is 4.90 Å². The van der Waals surface area contributed by atoms with Crippen molar-refractivity contribution in [1.82, 2.24) is 10.1 Å². The van der Waals surface area contributed by atoms with Crippen molar-refractivity contribution in [2.75, 3.05) is 24.6 Å². The van der Waals surface area contributed by atoms with Crippen LogP contribution in [0.5, 0.6) is 0 Å². The summed E-state index contributed by atoms with van der Waals surface area (Å²) in [6, 6.07) is 0. The summed E-state index contributed by atoms with van der Waals surface area (Å²) in [7, 11) is 0. The van der Waals surface area contributed by atoms with Gasteiger partial charge in [0.25, 0.3) is 5.95 Å². The van der Waals surface area contributed by atoms with Crippen molar-refractivity contribution in [3.05, 3.63) is 5.89 Å². The van der Waals surface area contributed by atoms with E-state index in [1.165, 1.54) is 0 Å². The lowest BCUT2D eigenvalue weighted by Crippen LogP contribution is -2.34. The Morgan fingerprint density at radius 2 is 2.11 bits per heavy atom. The molecule has 0 atom stereocenters.